The Morgan fingerprint density at radius 2 is 1.50 bits per heavy atom. The van der Waals surface area contributed by atoms with Crippen LogP contribution >= 0.6 is 23.2 Å². The fraction of sp³-hybridized carbons (Fsp3) is 0.571. The molecule has 0 saturated carbocycles. The number of hydrogen-bond donors (Lipinski definition) is 1. The van der Waals surface area contributed by atoms with Crippen molar-refractivity contribution in [3.63, 3.8) is 0 Å². The number of rotatable bonds is 7. The number of halogens is 2. The van der Waals surface area contributed by atoms with E-state index in [1.54, 1.807) is 6.07 Å². The molecular formula is C14H22Cl2N2. The summed E-state index contributed by atoms with van der Waals surface area (Å²) in [6.45, 7) is 6.41. The van der Waals surface area contributed by atoms with E-state index in [-0.39, 0.29) is 0 Å². The van der Waals surface area contributed by atoms with Crippen molar-refractivity contribution in [3.8, 4) is 0 Å². The highest BCUT2D eigenvalue weighted by Crippen LogP contribution is 2.33. The van der Waals surface area contributed by atoms with Gasteiger partial charge in [0.05, 0.1) is 21.4 Å². The lowest BCUT2D eigenvalue weighted by molar-refractivity contribution is 0.678. The van der Waals surface area contributed by atoms with Crippen LogP contribution in [-0.4, -0.2) is 13.1 Å². The molecule has 0 radical (unpaired) electrons. The molecule has 0 atom stereocenters. The fourth-order valence-electron chi connectivity index (χ4n) is 1.88. The Hall–Kier alpha value is -0.600. The number of benzene rings is 1. The largest absolute Gasteiger partial charge is 0.397 e. The van der Waals surface area contributed by atoms with Crippen LogP contribution in [0.1, 0.15) is 39.5 Å². The minimum Gasteiger partial charge on any atom is -0.397 e. The fourth-order valence-corrected chi connectivity index (χ4v) is 2.21. The molecule has 1 aromatic rings. The van der Waals surface area contributed by atoms with Crippen LogP contribution in [-0.2, 0) is 0 Å². The van der Waals surface area contributed by atoms with Crippen LogP contribution in [0.3, 0.4) is 0 Å². The smallest absolute Gasteiger partial charge is 0.0615 e. The molecule has 102 valence electrons. The molecule has 0 aromatic heterocycles. The van der Waals surface area contributed by atoms with E-state index in [0.29, 0.717) is 15.7 Å². The maximum absolute atomic E-state index is 6.08. The molecule has 0 bridgehead atoms. The van der Waals surface area contributed by atoms with Crippen molar-refractivity contribution in [2.45, 2.75) is 39.5 Å². The maximum atomic E-state index is 6.08. The number of unbranched alkanes of at least 4 members (excludes halogenated alkanes) is 2. The summed E-state index contributed by atoms with van der Waals surface area (Å²) in [5.74, 6) is 0. The molecule has 4 heteroatoms. The van der Waals surface area contributed by atoms with E-state index in [4.69, 9.17) is 28.9 Å². The quantitative estimate of drug-likeness (QED) is 0.717. The van der Waals surface area contributed by atoms with Crippen LogP contribution in [0.4, 0.5) is 11.4 Å². The van der Waals surface area contributed by atoms with Crippen LogP contribution in [0, 0.1) is 0 Å². The number of nitrogens with zero attached hydrogens (tertiary/aromatic N) is 1. The first-order chi connectivity index (χ1) is 8.60. The van der Waals surface area contributed by atoms with E-state index in [2.05, 4.69) is 18.7 Å². The Balaban J connectivity index is 2.92. The molecule has 0 aliphatic heterocycles. The Labute approximate surface area is 120 Å². The summed E-state index contributed by atoms with van der Waals surface area (Å²) in [4.78, 5) is 2.31. The summed E-state index contributed by atoms with van der Waals surface area (Å²) in [5.41, 5.74) is 7.76. The minimum atomic E-state index is 0.517. The Morgan fingerprint density at radius 1 is 1.00 bits per heavy atom. The molecule has 2 N–H and O–H groups in total. The van der Waals surface area contributed by atoms with Gasteiger partial charge >= 0.3 is 0 Å². The van der Waals surface area contributed by atoms with Gasteiger partial charge in [-0.15, -0.1) is 0 Å². The number of hydrogen-bond acceptors (Lipinski definition) is 2. The van der Waals surface area contributed by atoms with Gasteiger partial charge in [0, 0.05) is 13.1 Å². The molecule has 0 saturated heterocycles. The van der Waals surface area contributed by atoms with Crippen LogP contribution in [0.25, 0.3) is 0 Å². The Kier molecular flexibility index (Phi) is 6.66. The zero-order chi connectivity index (χ0) is 13.5. The molecule has 2 nitrogen and oxygen atoms in total. The lowest BCUT2D eigenvalue weighted by Gasteiger charge is -2.26. The normalized spacial score (nSPS) is 10.7. The van der Waals surface area contributed by atoms with Gasteiger partial charge in [-0.3, -0.25) is 0 Å². The lowest BCUT2D eigenvalue weighted by atomic mass is 10.2. The van der Waals surface area contributed by atoms with Crippen LogP contribution in [0.5, 0.6) is 0 Å². The lowest BCUT2D eigenvalue weighted by Crippen LogP contribution is -2.26. The summed E-state index contributed by atoms with van der Waals surface area (Å²) >= 11 is 12.1. The number of nitrogen functional groups attached to an aromatic ring is 1. The third-order valence-corrected chi connectivity index (χ3v) is 3.70. The Morgan fingerprint density at radius 3 is 2.00 bits per heavy atom. The van der Waals surface area contributed by atoms with Crippen LogP contribution in [0.15, 0.2) is 12.1 Å². The summed E-state index contributed by atoms with van der Waals surface area (Å²) in [7, 11) is 0. The zero-order valence-corrected chi connectivity index (χ0v) is 12.7. The summed E-state index contributed by atoms with van der Waals surface area (Å²) in [6, 6.07) is 3.62. The van der Waals surface area contributed by atoms with Crippen LogP contribution in [0.2, 0.25) is 10.0 Å². The molecule has 0 unspecified atom stereocenters. The van der Waals surface area contributed by atoms with Gasteiger partial charge in [0.15, 0.2) is 0 Å². The van der Waals surface area contributed by atoms with Crippen molar-refractivity contribution in [1.29, 1.82) is 0 Å². The van der Waals surface area contributed by atoms with Gasteiger partial charge in [0.1, 0.15) is 0 Å². The van der Waals surface area contributed by atoms with Gasteiger partial charge in [-0.1, -0.05) is 49.9 Å². The molecule has 0 fully saturated rings. The highest BCUT2D eigenvalue weighted by molar-refractivity contribution is 6.42. The predicted molar refractivity (Wildman–Crippen MR) is 82.9 cm³/mol. The SMILES string of the molecule is CCCCN(CCCC)c1cc(Cl)c(Cl)cc1N. The topological polar surface area (TPSA) is 29.3 Å². The first kappa shape index (κ1) is 15.5. The molecule has 0 spiro atoms. The van der Waals surface area contributed by atoms with E-state index in [9.17, 15) is 0 Å². The number of anilines is 2. The second-order valence-electron chi connectivity index (χ2n) is 4.52. The standard InChI is InChI=1S/C14H22Cl2N2/c1-3-5-7-18(8-6-4-2)14-10-12(16)11(15)9-13(14)17/h9-10H,3-8,17H2,1-2H3. The molecule has 0 heterocycles. The predicted octanol–water partition coefficient (Wildman–Crippen LogP) is 4.98. The van der Waals surface area contributed by atoms with E-state index < -0.39 is 0 Å². The van der Waals surface area contributed by atoms with E-state index in [0.717, 1.165) is 31.6 Å². The van der Waals surface area contributed by atoms with Crippen molar-refractivity contribution >= 4 is 34.6 Å². The average molecular weight is 289 g/mol. The third-order valence-electron chi connectivity index (χ3n) is 2.97. The molecule has 1 rings (SSSR count). The highest BCUT2D eigenvalue weighted by atomic mass is 35.5. The van der Waals surface area contributed by atoms with Crippen molar-refractivity contribution < 1.29 is 0 Å². The molecule has 0 aliphatic carbocycles. The monoisotopic (exact) mass is 288 g/mol. The average Bonchev–Trinajstić information content (AvgIpc) is 2.35. The number of nitrogens with two attached hydrogens (primary N) is 1. The minimum absolute atomic E-state index is 0.517. The third kappa shape index (κ3) is 4.25. The summed E-state index contributed by atoms with van der Waals surface area (Å²) < 4.78 is 0. The van der Waals surface area contributed by atoms with Gasteiger partial charge in [-0.05, 0) is 25.0 Å². The molecule has 0 amide bonds. The van der Waals surface area contributed by atoms with Crippen molar-refractivity contribution in [2.75, 3.05) is 23.7 Å². The van der Waals surface area contributed by atoms with Gasteiger partial charge in [0.2, 0.25) is 0 Å². The van der Waals surface area contributed by atoms with E-state index >= 15 is 0 Å². The zero-order valence-electron chi connectivity index (χ0n) is 11.2. The molecular weight excluding hydrogens is 267 g/mol. The first-order valence-electron chi connectivity index (χ1n) is 6.59. The van der Waals surface area contributed by atoms with Crippen molar-refractivity contribution in [3.05, 3.63) is 22.2 Å². The second-order valence-corrected chi connectivity index (χ2v) is 5.33. The molecule has 1 aromatic carbocycles. The first-order valence-corrected chi connectivity index (χ1v) is 7.35. The van der Waals surface area contributed by atoms with Gasteiger partial charge in [0.25, 0.3) is 0 Å². The Bertz CT molecular complexity index is 372. The molecule has 0 aliphatic rings. The van der Waals surface area contributed by atoms with Crippen LogP contribution < -0.4 is 10.6 Å². The second kappa shape index (κ2) is 7.75. The van der Waals surface area contributed by atoms with E-state index in [1.165, 1.54) is 12.8 Å². The van der Waals surface area contributed by atoms with Crippen molar-refractivity contribution in [2.24, 2.45) is 0 Å². The highest BCUT2D eigenvalue weighted by Gasteiger charge is 2.12. The van der Waals surface area contributed by atoms with Gasteiger partial charge in [-0.2, -0.15) is 0 Å². The summed E-state index contributed by atoms with van der Waals surface area (Å²) in [6.07, 6.45) is 4.65. The van der Waals surface area contributed by atoms with Crippen molar-refractivity contribution in [1.82, 2.24) is 0 Å². The van der Waals surface area contributed by atoms with E-state index in [1.807, 2.05) is 6.07 Å². The molecule has 18 heavy (non-hydrogen) atoms. The summed E-state index contributed by atoms with van der Waals surface area (Å²) in [5, 5.41) is 1.09. The van der Waals surface area contributed by atoms with Gasteiger partial charge < -0.3 is 10.6 Å². The van der Waals surface area contributed by atoms with Gasteiger partial charge in [-0.25, -0.2) is 0 Å². The maximum Gasteiger partial charge on any atom is 0.0615 e.